The van der Waals surface area contributed by atoms with Gasteiger partial charge in [0.05, 0.1) is 0 Å². The Bertz CT molecular complexity index is 725. The van der Waals surface area contributed by atoms with Crippen LogP contribution in [0.2, 0.25) is 0 Å². The lowest BCUT2D eigenvalue weighted by atomic mass is 10.3. The number of piperazine rings is 1. The van der Waals surface area contributed by atoms with Crippen LogP contribution in [-0.2, 0) is 0 Å². The predicted octanol–water partition coefficient (Wildman–Crippen LogP) is 0.0188. The number of nitrogens with zero attached hydrogens (tertiary/aromatic N) is 7. The van der Waals surface area contributed by atoms with Crippen molar-refractivity contribution in [3.8, 4) is 0 Å². The van der Waals surface area contributed by atoms with Crippen molar-refractivity contribution < 1.29 is 4.79 Å². The van der Waals surface area contributed by atoms with E-state index < -0.39 is 0 Å². The lowest BCUT2D eigenvalue weighted by Gasteiger charge is -2.35. The van der Waals surface area contributed by atoms with Gasteiger partial charge in [-0.3, -0.25) is 4.79 Å². The van der Waals surface area contributed by atoms with Crippen molar-refractivity contribution in [2.24, 2.45) is 0 Å². The minimum absolute atomic E-state index is 0.232. The maximum absolute atomic E-state index is 11.5. The largest absolute Gasteiger partial charge is 0.354 e. The number of rotatable bonds is 4. The minimum Gasteiger partial charge on any atom is -0.354 e. The summed E-state index contributed by atoms with van der Waals surface area (Å²) in [5.41, 5.74) is 0.321. The van der Waals surface area contributed by atoms with Crippen LogP contribution < -0.4 is 20.0 Å². The summed E-state index contributed by atoms with van der Waals surface area (Å²) in [5, 5.41) is 10.7. The Hall–Kier alpha value is -2.97. The van der Waals surface area contributed by atoms with Gasteiger partial charge in [-0.05, 0) is 18.2 Å². The summed E-state index contributed by atoms with van der Waals surface area (Å²) in [7, 11) is 5.43. The molecule has 1 aliphatic heterocycles. The highest BCUT2D eigenvalue weighted by Gasteiger charge is 2.20. The maximum atomic E-state index is 11.5. The summed E-state index contributed by atoms with van der Waals surface area (Å²) in [5.74, 6) is 2.18. The highest BCUT2D eigenvalue weighted by Crippen LogP contribution is 2.18. The fraction of sp³-hybridized carbons (Fsp3) is 0.438. The van der Waals surface area contributed by atoms with Crippen molar-refractivity contribution in [1.29, 1.82) is 0 Å². The van der Waals surface area contributed by atoms with Crippen LogP contribution in [0.4, 0.5) is 17.6 Å². The van der Waals surface area contributed by atoms with Crippen LogP contribution in [0, 0.1) is 0 Å². The third-order valence-corrected chi connectivity index (χ3v) is 4.07. The standard InChI is InChI=1S/C16H22N8O/c1-17-15(25)12-4-5-14(21-20-12)24-10-8-23(9-11-24)13-6-7-18-16(19-13)22(2)3/h4-7H,8-11H2,1-3H3,(H,17,25). The molecule has 0 spiro atoms. The Morgan fingerprint density at radius 3 is 2.28 bits per heavy atom. The number of anilines is 3. The first-order chi connectivity index (χ1) is 12.1. The van der Waals surface area contributed by atoms with Gasteiger partial charge in [0.15, 0.2) is 11.5 Å². The number of carbonyl (C=O) groups is 1. The van der Waals surface area contributed by atoms with Crippen LogP contribution >= 0.6 is 0 Å². The summed E-state index contributed by atoms with van der Waals surface area (Å²) in [6, 6.07) is 5.46. The van der Waals surface area contributed by atoms with Crippen LogP contribution in [0.1, 0.15) is 10.5 Å². The predicted molar refractivity (Wildman–Crippen MR) is 96.2 cm³/mol. The van der Waals surface area contributed by atoms with E-state index in [2.05, 4.69) is 35.3 Å². The van der Waals surface area contributed by atoms with E-state index in [0.717, 1.165) is 37.8 Å². The number of amides is 1. The molecule has 9 heteroatoms. The summed E-state index contributed by atoms with van der Waals surface area (Å²) in [6.45, 7) is 3.30. The fourth-order valence-electron chi connectivity index (χ4n) is 2.64. The van der Waals surface area contributed by atoms with Crippen molar-refractivity contribution >= 4 is 23.5 Å². The Labute approximate surface area is 146 Å². The van der Waals surface area contributed by atoms with Gasteiger partial charge in [-0.2, -0.15) is 4.98 Å². The molecule has 0 unspecified atom stereocenters. The zero-order valence-electron chi connectivity index (χ0n) is 14.7. The SMILES string of the molecule is CNC(=O)c1ccc(N2CCN(c3ccnc(N(C)C)n3)CC2)nn1. The van der Waals surface area contributed by atoms with Gasteiger partial charge in [0, 0.05) is 53.5 Å². The van der Waals surface area contributed by atoms with E-state index in [1.165, 1.54) is 0 Å². The van der Waals surface area contributed by atoms with Crippen molar-refractivity contribution in [2.75, 3.05) is 62.0 Å². The molecular weight excluding hydrogens is 320 g/mol. The van der Waals surface area contributed by atoms with Crippen LogP contribution in [0.15, 0.2) is 24.4 Å². The molecule has 1 N–H and O–H groups in total. The number of hydrogen-bond acceptors (Lipinski definition) is 8. The first kappa shape index (κ1) is 16.9. The van der Waals surface area contributed by atoms with Gasteiger partial charge in [0.25, 0.3) is 5.91 Å². The van der Waals surface area contributed by atoms with Gasteiger partial charge in [-0.25, -0.2) is 4.98 Å². The first-order valence-electron chi connectivity index (χ1n) is 8.14. The van der Waals surface area contributed by atoms with Crippen molar-refractivity contribution in [3.63, 3.8) is 0 Å². The second kappa shape index (κ2) is 7.29. The average molecular weight is 342 g/mol. The molecule has 132 valence electrons. The summed E-state index contributed by atoms with van der Waals surface area (Å²) < 4.78 is 0. The van der Waals surface area contributed by atoms with Crippen molar-refractivity contribution in [2.45, 2.75) is 0 Å². The second-order valence-corrected chi connectivity index (χ2v) is 5.94. The molecule has 9 nitrogen and oxygen atoms in total. The Morgan fingerprint density at radius 1 is 1.04 bits per heavy atom. The van der Waals surface area contributed by atoms with Crippen LogP contribution in [0.3, 0.4) is 0 Å². The summed E-state index contributed by atoms with van der Waals surface area (Å²) in [4.78, 5) is 26.6. The Balaban J connectivity index is 1.64. The lowest BCUT2D eigenvalue weighted by Crippen LogP contribution is -2.47. The van der Waals surface area contributed by atoms with Gasteiger partial charge in [0.2, 0.25) is 5.95 Å². The van der Waals surface area contributed by atoms with Gasteiger partial charge in [0.1, 0.15) is 5.82 Å². The van der Waals surface area contributed by atoms with Gasteiger partial charge >= 0.3 is 0 Å². The average Bonchev–Trinajstić information content (AvgIpc) is 2.67. The number of carbonyl (C=O) groups excluding carboxylic acids is 1. The molecule has 0 bridgehead atoms. The highest BCUT2D eigenvalue weighted by molar-refractivity contribution is 5.91. The van der Waals surface area contributed by atoms with Crippen LogP contribution in [0.25, 0.3) is 0 Å². The topological polar surface area (TPSA) is 90.4 Å². The quantitative estimate of drug-likeness (QED) is 0.832. The van der Waals surface area contributed by atoms with Crippen LogP contribution in [0.5, 0.6) is 0 Å². The zero-order valence-corrected chi connectivity index (χ0v) is 14.7. The van der Waals surface area contributed by atoms with E-state index in [4.69, 9.17) is 0 Å². The molecular formula is C16H22N8O. The molecule has 0 aliphatic carbocycles. The fourth-order valence-corrected chi connectivity index (χ4v) is 2.64. The smallest absolute Gasteiger partial charge is 0.271 e. The molecule has 1 aliphatic rings. The molecule has 1 amide bonds. The number of aromatic nitrogens is 4. The van der Waals surface area contributed by atoms with E-state index >= 15 is 0 Å². The second-order valence-electron chi connectivity index (χ2n) is 5.94. The third kappa shape index (κ3) is 3.76. The Kier molecular flexibility index (Phi) is 4.92. The molecule has 0 radical (unpaired) electrons. The number of nitrogens with one attached hydrogen (secondary N) is 1. The molecule has 1 saturated heterocycles. The lowest BCUT2D eigenvalue weighted by molar-refractivity contribution is 0.0957. The maximum Gasteiger partial charge on any atom is 0.271 e. The number of hydrogen-bond donors (Lipinski definition) is 1. The van der Waals surface area contributed by atoms with Gasteiger partial charge in [-0.1, -0.05) is 0 Å². The molecule has 0 saturated carbocycles. The molecule has 1 fully saturated rings. The van der Waals surface area contributed by atoms with Gasteiger partial charge < -0.3 is 20.0 Å². The third-order valence-electron chi connectivity index (χ3n) is 4.07. The Morgan fingerprint density at radius 2 is 1.72 bits per heavy atom. The van der Waals surface area contributed by atoms with Crippen molar-refractivity contribution in [1.82, 2.24) is 25.5 Å². The molecule has 25 heavy (non-hydrogen) atoms. The van der Waals surface area contributed by atoms with Crippen LogP contribution in [-0.4, -0.2) is 73.4 Å². The zero-order chi connectivity index (χ0) is 17.8. The summed E-state index contributed by atoms with van der Waals surface area (Å²) >= 11 is 0. The minimum atomic E-state index is -0.232. The molecule has 2 aromatic rings. The van der Waals surface area contributed by atoms with Crippen molar-refractivity contribution in [3.05, 3.63) is 30.1 Å². The molecule has 3 heterocycles. The van der Waals surface area contributed by atoms with E-state index in [-0.39, 0.29) is 5.91 Å². The molecule has 0 atom stereocenters. The van der Waals surface area contributed by atoms with Gasteiger partial charge in [-0.15, -0.1) is 10.2 Å². The molecule has 2 aromatic heterocycles. The molecule has 0 aromatic carbocycles. The monoisotopic (exact) mass is 342 g/mol. The summed E-state index contributed by atoms with van der Waals surface area (Å²) in [6.07, 6.45) is 1.78. The van der Waals surface area contributed by atoms with E-state index in [0.29, 0.717) is 11.6 Å². The molecule has 3 rings (SSSR count). The van der Waals surface area contributed by atoms with E-state index in [1.807, 2.05) is 31.1 Å². The van der Waals surface area contributed by atoms with E-state index in [9.17, 15) is 4.79 Å². The first-order valence-corrected chi connectivity index (χ1v) is 8.14. The normalized spacial score (nSPS) is 14.4. The highest BCUT2D eigenvalue weighted by atomic mass is 16.1. The van der Waals surface area contributed by atoms with E-state index in [1.54, 1.807) is 19.3 Å².